The Hall–Kier alpha value is -1.02. The molecule has 2 nitrogen and oxygen atoms in total. The van der Waals surface area contributed by atoms with Gasteiger partial charge in [0.2, 0.25) is 0 Å². The second-order valence-corrected chi connectivity index (χ2v) is 5.87. The van der Waals surface area contributed by atoms with Gasteiger partial charge in [0.1, 0.15) is 5.75 Å². The zero-order chi connectivity index (χ0) is 13.7. The summed E-state index contributed by atoms with van der Waals surface area (Å²) in [5.41, 5.74) is 2.78. The lowest BCUT2D eigenvalue weighted by Gasteiger charge is -2.28. The molecule has 1 aliphatic heterocycles. The zero-order valence-electron chi connectivity index (χ0n) is 12.4. The number of hydrogen-bond acceptors (Lipinski definition) is 2. The third kappa shape index (κ3) is 3.97. The molecule has 0 unspecified atom stereocenters. The summed E-state index contributed by atoms with van der Waals surface area (Å²) in [6, 6.07) is 5.90. The molecule has 0 radical (unpaired) electrons. The molecule has 1 aliphatic rings. The number of aromatic hydroxyl groups is 1. The molecule has 19 heavy (non-hydrogen) atoms. The summed E-state index contributed by atoms with van der Waals surface area (Å²) >= 11 is 0. The van der Waals surface area contributed by atoms with Crippen molar-refractivity contribution in [1.29, 1.82) is 0 Å². The first-order valence-electron chi connectivity index (χ1n) is 7.75. The lowest BCUT2D eigenvalue weighted by atomic mass is 9.89. The highest BCUT2D eigenvalue weighted by molar-refractivity contribution is 5.37. The number of phenolic OH excluding ortho intramolecular Hbond substituents is 1. The molecule has 106 valence electrons. The van der Waals surface area contributed by atoms with Gasteiger partial charge in [0.15, 0.2) is 0 Å². The van der Waals surface area contributed by atoms with E-state index in [-0.39, 0.29) is 0 Å². The highest BCUT2D eigenvalue weighted by atomic mass is 16.3. The standard InChI is InChI=1S/C17H27NO/c1-3-4-5-10-18-11-8-14(2)17-13-16(19)7-6-15(17)9-12-18/h6-7,13-14,19H,3-5,8-12H2,1-2H3/t14-/m1/s1. The first-order valence-corrected chi connectivity index (χ1v) is 7.75. The molecule has 1 aromatic carbocycles. The van der Waals surface area contributed by atoms with E-state index in [9.17, 15) is 5.11 Å². The first-order chi connectivity index (χ1) is 9.20. The highest BCUT2D eigenvalue weighted by Gasteiger charge is 2.17. The van der Waals surface area contributed by atoms with Crippen LogP contribution in [0.4, 0.5) is 0 Å². The molecule has 0 spiro atoms. The van der Waals surface area contributed by atoms with Crippen LogP contribution in [0, 0.1) is 0 Å². The Labute approximate surface area is 117 Å². The summed E-state index contributed by atoms with van der Waals surface area (Å²) in [4.78, 5) is 2.61. The van der Waals surface area contributed by atoms with Crippen molar-refractivity contribution in [2.24, 2.45) is 0 Å². The average Bonchev–Trinajstić information content (AvgIpc) is 2.40. The van der Waals surface area contributed by atoms with Gasteiger partial charge >= 0.3 is 0 Å². The number of benzene rings is 1. The Morgan fingerprint density at radius 1 is 1.26 bits per heavy atom. The van der Waals surface area contributed by atoms with Crippen molar-refractivity contribution < 1.29 is 5.11 Å². The van der Waals surface area contributed by atoms with E-state index in [2.05, 4.69) is 24.8 Å². The number of hydrogen-bond donors (Lipinski definition) is 1. The molecule has 2 rings (SSSR count). The second-order valence-electron chi connectivity index (χ2n) is 5.87. The van der Waals surface area contributed by atoms with Gasteiger partial charge in [-0.25, -0.2) is 0 Å². The number of rotatable bonds is 4. The molecule has 1 heterocycles. The van der Waals surface area contributed by atoms with Crippen molar-refractivity contribution in [3.05, 3.63) is 29.3 Å². The van der Waals surface area contributed by atoms with Gasteiger partial charge in [-0.3, -0.25) is 0 Å². The molecule has 0 saturated heterocycles. The van der Waals surface area contributed by atoms with Gasteiger partial charge < -0.3 is 10.0 Å². The van der Waals surface area contributed by atoms with Gasteiger partial charge in [0.05, 0.1) is 0 Å². The maximum absolute atomic E-state index is 9.65. The molecule has 1 aromatic rings. The Balaban J connectivity index is 2.01. The molecule has 0 aromatic heterocycles. The Morgan fingerprint density at radius 3 is 2.89 bits per heavy atom. The van der Waals surface area contributed by atoms with Gasteiger partial charge in [-0.15, -0.1) is 0 Å². The number of unbranched alkanes of at least 4 members (excludes halogenated alkanes) is 2. The lowest BCUT2D eigenvalue weighted by molar-refractivity contribution is 0.256. The van der Waals surface area contributed by atoms with Gasteiger partial charge in [0.25, 0.3) is 0 Å². The zero-order valence-corrected chi connectivity index (χ0v) is 12.4. The monoisotopic (exact) mass is 261 g/mol. The average molecular weight is 261 g/mol. The molecule has 0 amide bonds. The fourth-order valence-corrected chi connectivity index (χ4v) is 3.00. The van der Waals surface area contributed by atoms with Crippen LogP contribution in [0.5, 0.6) is 5.75 Å². The fourth-order valence-electron chi connectivity index (χ4n) is 3.00. The topological polar surface area (TPSA) is 23.5 Å². The molecule has 0 aliphatic carbocycles. The molecule has 0 bridgehead atoms. The summed E-state index contributed by atoms with van der Waals surface area (Å²) in [6.45, 7) is 8.15. The third-order valence-corrected chi connectivity index (χ3v) is 4.31. The summed E-state index contributed by atoms with van der Waals surface area (Å²) in [5, 5.41) is 9.65. The van der Waals surface area contributed by atoms with E-state index < -0.39 is 0 Å². The molecule has 0 fully saturated rings. The third-order valence-electron chi connectivity index (χ3n) is 4.31. The van der Waals surface area contributed by atoms with E-state index >= 15 is 0 Å². The summed E-state index contributed by atoms with van der Waals surface area (Å²) < 4.78 is 0. The highest BCUT2D eigenvalue weighted by Crippen LogP contribution is 2.29. The van der Waals surface area contributed by atoms with E-state index in [0.29, 0.717) is 11.7 Å². The molecular formula is C17H27NO. The van der Waals surface area contributed by atoms with E-state index in [1.807, 2.05) is 12.1 Å². The van der Waals surface area contributed by atoms with Crippen LogP contribution in [0.15, 0.2) is 18.2 Å². The van der Waals surface area contributed by atoms with Crippen LogP contribution in [0.3, 0.4) is 0 Å². The number of nitrogens with zero attached hydrogens (tertiary/aromatic N) is 1. The molecule has 1 atom stereocenters. The van der Waals surface area contributed by atoms with Crippen molar-refractivity contribution in [3.8, 4) is 5.75 Å². The van der Waals surface area contributed by atoms with Crippen LogP contribution < -0.4 is 0 Å². The Morgan fingerprint density at radius 2 is 2.11 bits per heavy atom. The summed E-state index contributed by atoms with van der Waals surface area (Å²) in [6.07, 6.45) is 6.28. The summed E-state index contributed by atoms with van der Waals surface area (Å²) in [5.74, 6) is 0.960. The maximum atomic E-state index is 9.65. The van der Waals surface area contributed by atoms with Crippen molar-refractivity contribution in [2.45, 2.75) is 51.9 Å². The molecule has 2 heteroatoms. The molecule has 1 N–H and O–H groups in total. The smallest absolute Gasteiger partial charge is 0.115 e. The van der Waals surface area contributed by atoms with Crippen LogP contribution in [0.1, 0.15) is 56.6 Å². The number of fused-ring (bicyclic) bond motifs is 1. The van der Waals surface area contributed by atoms with Crippen molar-refractivity contribution in [1.82, 2.24) is 4.90 Å². The normalized spacial score (nSPS) is 20.6. The molecule has 0 saturated carbocycles. The number of phenols is 1. The Bertz CT molecular complexity index is 402. The van der Waals surface area contributed by atoms with Gasteiger partial charge in [-0.05, 0) is 61.5 Å². The Kier molecular flexibility index (Phi) is 5.26. The quantitative estimate of drug-likeness (QED) is 0.830. The summed E-state index contributed by atoms with van der Waals surface area (Å²) in [7, 11) is 0. The van der Waals surface area contributed by atoms with Gasteiger partial charge in [-0.2, -0.15) is 0 Å². The van der Waals surface area contributed by atoms with E-state index in [4.69, 9.17) is 0 Å². The second kappa shape index (κ2) is 6.95. The van der Waals surface area contributed by atoms with Crippen LogP contribution >= 0.6 is 0 Å². The van der Waals surface area contributed by atoms with Crippen molar-refractivity contribution >= 4 is 0 Å². The fraction of sp³-hybridized carbons (Fsp3) is 0.647. The van der Waals surface area contributed by atoms with Gasteiger partial charge in [-0.1, -0.05) is 32.8 Å². The van der Waals surface area contributed by atoms with Crippen molar-refractivity contribution in [2.75, 3.05) is 19.6 Å². The maximum Gasteiger partial charge on any atom is 0.115 e. The largest absolute Gasteiger partial charge is 0.508 e. The van der Waals surface area contributed by atoms with E-state index in [1.54, 1.807) is 0 Å². The minimum atomic E-state index is 0.408. The predicted octanol–water partition coefficient (Wildman–Crippen LogP) is 3.93. The van der Waals surface area contributed by atoms with Crippen molar-refractivity contribution in [3.63, 3.8) is 0 Å². The van der Waals surface area contributed by atoms with Crippen LogP contribution in [-0.4, -0.2) is 29.6 Å². The van der Waals surface area contributed by atoms with E-state index in [1.165, 1.54) is 49.9 Å². The minimum absolute atomic E-state index is 0.408. The molecular weight excluding hydrogens is 234 g/mol. The van der Waals surface area contributed by atoms with Crippen LogP contribution in [-0.2, 0) is 6.42 Å². The van der Waals surface area contributed by atoms with Gasteiger partial charge in [0, 0.05) is 6.54 Å². The predicted molar refractivity (Wildman–Crippen MR) is 80.8 cm³/mol. The van der Waals surface area contributed by atoms with Crippen LogP contribution in [0.2, 0.25) is 0 Å². The SMILES string of the molecule is CCCCCN1CCc2ccc(O)cc2[C@H](C)CC1. The van der Waals surface area contributed by atoms with Crippen LogP contribution in [0.25, 0.3) is 0 Å². The minimum Gasteiger partial charge on any atom is -0.508 e. The first kappa shape index (κ1) is 14.4. The van der Waals surface area contributed by atoms with E-state index in [0.717, 1.165) is 13.0 Å². The lowest BCUT2D eigenvalue weighted by Crippen LogP contribution is -2.31.